The first kappa shape index (κ1) is 17.4. The second-order valence-corrected chi connectivity index (χ2v) is 7.76. The molecule has 0 unspecified atom stereocenters. The maximum absolute atomic E-state index is 12.7. The average molecular weight is 375 g/mol. The molecule has 3 heterocycles. The van der Waals surface area contributed by atoms with Crippen molar-refractivity contribution in [1.29, 1.82) is 0 Å². The quantitative estimate of drug-likeness (QED) is 0.643. The minimum Gasteiger partial charge on any atom is -0.494 e. The lowest BCUT2D eigenvalue weighted by molar-refractivity contribution is 0.221. The summed E-state index contributed by atoms with van der Waals surface area (Å²) in [6, 6.07) is 14.4. The molecule has 2 aliphatic heterocycles. The van der Waals surface area contributed by atoms with Crippen LogP contribution in [0.4, 0.5) is 0 Å². The van der Waals surface area contributed by atoms with Crippen LogP contribution in [0.2, 0.25) is 0 Å². The van der Waals surface area contributed by atoms with Crippen LogP contribution in [0, 0.1) is 0 Å². The van der Waals surface area contributed by atoms with Crippen molar-refractivity contribution < 1.29 is 4.74 Å². The fraction of sp³-hybridized carbons (Fsp3) is 0.391. The summed E-state index contributed by atoms with van der Waals surface area (Å²) in [6.07, 6.45) is 4.00. The summed E-state index contributed by atoms with van der Waals surface area (Å²) in [5.74, 6) is 1.67. The van der Waals surface area contributed by atoms with Gasteiger partial charge in [0.05, 0.1) is 17.5 Å². The van der Waals surface area contributed by atoms with Crippen LogP contribution in [0.15, 0.2) is 47.3 Å². The van der Waals surface area contributed by atoms with Gasteiger partial charge in [0, 0.05) is 32.6 Å². The molecule has 0 fully saturated rings. The zero-order valence-corrected chi connectivity index (χ0v) is 16.1. The fourth-order valence-corrected chi connectivity index (χ4v) is 4.38. The second-order valence-electron chi connectivity index (χ2n) is 7.76. The Morgan fingerprint density at radius 2 is 1.93 bits per heavy atom. The number of ether oxygens (including phenoxy) is 1. The number of fused-ring (bicyclic) bond motifs is 3. The molecule has 144 valence electrons. The molecule has 0 radical (unpaired) electrons. The van der Waals surface area contributed by atoms with Gasteiger partial charge in [-0.3, -0.25) is 14.3 Å². The molecule has 2 aliphatic rings. The maximum atomic E-state index is 12.7. The van der Waals surface area contributed by atoms with Gasteiger partial charge in [-0.1, -0.05) is 24.3 Å². The molecule has 0 aliphatic carbocycles. The van der Waals surface area contributed by atoms with E-state index in [4.69, 9.17) is 4.74 Å². The van der Waals surface area contributed by atoms with Crippen LogP contribution in [0.25, 0.3) is 10.9 Å². The Bertz CT molecular complexity index is 1070. The van der Waals surface area contributed by atoms with Crippen molar-refractivity contribution in [3.63, 3.8) is 0 Å². The molecule has 0 spiro atoms. The van der Waals surface area contributed by atoms with Crippen LogP contribution in [0.1, 0.15) is 29.8 Å². The third kappa shape index (κ3) is 3.31. The van der Waals surface area contributed by atoms with Crippen molar-refractivity contribution >= 4 is 10.9 Å². The summed E-state index contributed by atoms with van der Waals surface area (Å²) in [6.45, 7) is 4.60. The lowest BCUT2D eigenvalue weighted by Crippen LogP contribution is -2.31. The number of aryl methyl sites for hydroxylation is 1. The molecule has 0 saturated carbocycles. The topological polar surface area (TPSA) is 47.4 Å². The molecular weight excluding hydrogens is 350 g/mol. The van der Waals surface area contributed by atoms with Crippen molar-refractivity contribution in [3.05, 3.63) is 69.8 Å². The number of hydrogen-bond acceptors (Lipinski definition) is 4. The lowest BCUT2D eigenvalue weighted by atomic mass is 10.00. The first-order valence-electron chi connectivity index (χ1n) is 10.2. The highest BCUT2D eigenvalue weighted by molar-refractivity contribution is 5.79. The van der Waals surface area contributed by atoms with Gasteiger partial charge in [0.15, 0.2) is 0 Å². The summed E-state index contributed by atoms with van der Waals surface area (Å²) in [5, 5.41) is 0.663. The predicted molar refractivity (Wildman–Crippen MR) is 110 cm³/mol. The van der Waals surface area contributed by atoms with Crippen LogP contribution < -0.4 is 10.3 Å². The maximum Gasteiger partial charge on any atom is 0.261 e. The van der Waals surface area contributed by atoms with Gasteiger partial charge < -0.3 is 4.74 Å². The Balaban J connectivity index is 1.20. The number of benzene rings is 2. The number of hydrogen-bond donors (Lipinski definition) is 0. The summed E-state index contributed by atoms with van der Waals surface area (Å²) < 4.78 is 7.75. The molecule has 28 heavy (non-hydrogen) atoms. The first-order valence-corrected chi connectivity index (χ1v) is 10.2. The molecule has 0 amide bonds. The minimum atomic E-state index is 0.0648. The summed E-state index contributed by atoms with van der Waals surface area (Å²) in [5.41, 5.74) is 3.77. The van der Waals surface area contributed by atoms with E-state index in [1.165, 1.54) is 11.1 Å². The molecule has 3 aromatic rings. The van der Waals surface area contributed by atoms with E-state index in [1.807, 2.05) is 18.2 Å². The Kier molecular flexibility index (Phi) is 4.61. The molecular formula is C23H25N3O2. The smallest absolute Gasteiger partial charge is 0.261 e. The Hall–Kier alpha value is -2.66. The SMILES string of the molecule is O=c1c2cc(OCCCN3CCc4ccccc4C3)ccc2nc2n1CCC2. The van der Waals surface area contributed by atoms with Gasteiger partial charge in [-0.05, 0) is 48.6 Å². The summed E-state index contributed by atoms with van der Waals surface area (Å²) in [4.78, 5) is 19.8. The highest BCUT2D eigenvalue weighted by Gasteiger charge is 2.17. The molecule has 0 saturated heterocycles. The van der Waals surface area contributed by atoms with Crippen LogP contribution in [-0.2, 0) is 25.9 Å². The predicted octanol–water partition coefficient (Wildman–Crippen LogP) is 3.17. The fourth-order valence-electron chi connectivity index (χ4n) is 4.38. The van der Waals surface area contributed by atoms with E-state index in [0.29, 0.717) is 12.0 Å². The van der Waals surface area contributed by atoms with Crippen molar-refractivity contribution in [2.45, 2.75) is 38.8 Å². The lowest BCUT2D eigenvalue weighted by Gasteiger charge is -2.28. The number of nitrogens with zero attached hydrogens (tertiary/aromatic N) is 3. The molecule has 0 bridgehead atoms. The largest absolute Gasteiger partial charge is 0.494 e. The molecule has 0 atom stereocenters. The highest BCUT2D eigenvalue weighted by Crippen LogP contribution is 2.21. The van der Waals surface area contributed by atoms with E-state index in [0.717, 1.165) is 69.0 Å². The van der Waals surface area contributed by atoms with Gasteiger partial charge in [0.1, 0.15) is 11.6 Å². The van der Waals surface area contributed by atoms with Crippen LogP contribution in [0.3, 0.4) is 0 Å². The van der Waals surface area contributed by atoms with Crippen molar-refractivity contribution in [2.24, 2.45) is 0 Å². The Morgan fingerprint density at radius 3 is 2.86 bits per heavy atom. The van der Waals surface area contributed by atoms with Gasteiger partial charge >= 0.3 is 0 Å². The van der Waals surface area contributed by atoms with E-state index in [2.05, 4.69) is 34.1 Å². The van der Waals surface area contributed by atoms with Gasteiger partial charge in [-0.15, -0.1) is 0 Å². The van der Waals surface area contributed by atoms with Crippen LogP contribution >= 0.6 is 0 Å². The van der Waals surface area contributed by atoms with E-state index < -0.39 is 0 Å². The monoisotopic (exact) mass is 375 g/mol. The van der Waals surface area contributed by atoms with E-state index in [9.17, 15) is 4.79 Å². The van der Waals surface area contributed by atoms with Crippen molar-refractivity contribution in [2.75, 3.05) is 19.7 Å². The number of rotatable bonds is 5. The molecule has 2 aromatic carbocycles. The second kappa shape index (κ2) is 7.40. The van der Waals surface area contributed by atoms with E-state index in [1.54, 1.807) is 4.57 Å². The summed E-state index contributed by atoms with van der Waals surface area (Å²) >= 11 is 0. The number of aromatic nitrogens is 2. The molecule has 5 rings (SSSR count). The summed E-state index contributed by atoms with van der Waals surface area (Å²) in [7, 11) is 0. The van der Waals surface area contributed by atoms with Gasteiger partial charge in [0.25, 0.3) is 5.56 Å². The normalized spacial score (nSPS) is 16.1. The van der Waals surface area contributed by atoms with Gasteiger partial charge in [0.2, 0.25) is 0 Å². The zero-order valence-electron chi connectivity index (χ0n) is 16.1. The van der Waals surface area contributed by atoms with Gasteiger partial charge in [-0.2, -0.15) is 0 Å². The van der Waals surface area contributed by atoms with Crippen molar-refractivity contribution in [1.82, 2.24) is 14.5 Å². The zero-order chi connectivity index (χ0) is 18.9. The first-order chi connectivity index (χ1) is 13.8. The third-order valence-electron chi connectivity index (χ3n) is 5.88. The average Bonchev–Trinajstić information content (AvgIpc) is 3.20. The standard InChI is InChI=1S/C23H25N3O2/c27-23-20-15-19(8-9-21(20)24-22-7-3-12-26(22)23)28-14-4-11-25-13-10-17-5-1-2-6-18(17)16-25/h1-2,5-6,8-9,15H,3-4,7,10-14,16H2. The van der Waals surface area contributed by atoms with Crippen LogP contribution in [-0.4, -0.2) is 34.1 Å². The molecule has 5 nitrogen and oxygen atoms in total. The Labute approximate surface area is 164 Å². The van der Waals surface area contributed by atoms with Crippen molar-refractivity contribution in [3.8, 4) is 5.75 Å². The van der Waals surface area contributed by atoms with Crippen LogP contribution in [0.5, 0.6) is 5.75 Å². The van der Waals surface area contributed by atoms with Gasteiger partial charge in [-0.25, -0.2) is 4.98 Å². The third-order valence-corrected chi connectivity index (χ3v) is 5.88. The van der Waals surface area contributed by atoms with E-state index in [-0.39, 0.29) is 5.56 Å². The Morgan fingerprint density at radius 1 is 1.04 bits per heavy atom. The van der Waals surface area contributed by atoms with E-state index >= 15 is 0 Å². The molecule has 1 aromatic heterocycles. The minimum absolute atomic E-state index is 0.0648. The molecule has 5 heteroatoms. The highest BCUT2D eigenvalue weighted by atomic mass is 16.5. The molecule has 0 N–H and O–H groups in total.